The Labute approximate surface area is 72.8 Å². The largest absolute Gasteiger partial charge is 0.368 e. The number of rotatable bonds is 0. The van der Waals surface area contributed by atoms with E-state index in [0.717, 1.165) is 12.5 Å². The van der Waals surface area contributed by atoms with Gasteiger partial charge in [-0.05, 0) is 31.8 Å². The Morgan fingerprint density at radius 2 is 2.25 bits per heavy atom. The average molecular weight is 165 g/mol. The predicted molar refractivity (Wildman–Crippen MR) is 48.4 cm³/mol. The molecular formula is C9H15N3. The van der Waals surface area contributed by atoms with E-state index in [0.29, 0.717) is 5.54 Å². The van der Waals surface area contributed by atoms with Crippen molar-refractivity contribution in [3.8, 4) is 0 Å². The Morgan fingerprint density at radius 3 is 2.75 bits per heavy atom. The molecule has 4 aliphatic rings. The third kappa shape index (κ3) is 0.774. The summed E-state index contributed by atoms with van der Waals surface area (Å²) in [6.07, 6.45) is 4.65. The maximum Gasteiger partial charge on any atom is 0.0830 e. The molecule has 0 aromatic carbocycles. The van der Waals surface area contributed by atoms with Crippen LogP contribution < -0.4 is 5.32 Å². The lowest BCUT2D eigenvalue weighted by Crippen LogP contribution is -2.65. The summed E-state index contributed by atoms with van der Waals surface area (Å²) < 4.78 is 0. The molecule has 4 aliphatic heterocycles. The smallest absolute Gasteiger partial charge is 0.0830 e. The fourth-order valence-electron chi connectivity index (χ4n) is 2.94. The van der Waals surface area contributed by atoms with E-state index in [1.165, 1.54) is 32.5 Å². The molecule has 0 radical (unpaired) electrons. The van der Waals surface area contributed by atoms with Crippen LogP contribution in [-0.2, 0) is 0 Å². The van der Waals surface area contributed by atoms with E-state index < -0.39 is 0 Å². The Kier molecular flexibility index (Phi) is 1.28. The Hall–Kier alpha value is -0.570. The zero-order chi connectivity index (χ0) is 8.02. The normalized spacial score (nSPS) is 50.0. The van der Waals surface area contributed by atoms with Gasteiger partial charge in [0.1, 0.15) is 0 Å². The predicted octanol–water partition coefficient (Wildman–Crippen LogP) is 0.0823. The quantitative estimate of drug-likeness (QED) is 0.550. The number of hydrogen-bond donors (Lipinski definition) is 1. The molecule has 3 heteroatoms. The van der Waals surface area contributed by atoms with Crippen molar-refractivity contribution in [2.75, 3.05) is 26.2 Å². The van der Waals surface area contributed by atoms with Gasteiger partial charge in [0, 0.05) is 6.54 Å². The van der Waals surface area contributed by atoms with Gasteiger partial charge in [0.25, 0.3) is 0 Å². The summed E-state index contributed by atoms with van der Waals surface area (Å²) in [6, 6.07) is 0. The highest BCUT2D eigenvalue weighted by Crippen LogP contribution is 2.36. The number of piperidine rings is 3. The number of aliphatic imine (C=N–C) groups is 1. The molecule has 0 saturated carbocycles. The van der Waals surface area contributed by atoms with Crippen LogP contribution in [0.15, 0.2) is 4.99 Å². The van der Waals surface area contributed by atoms with Gasteiger partial charge in [0.05, 0.1) is 18.4 Å². The van der Waals surface area contributed by atoms with E-state index in [1.807, 2.05) is 6.34 Å². The van der Waals surface area contributed by atoms with Gasteiger partial charge >= 0.3 is 0 Å². The molecule has 1 spiro atoms. The van der Waals surface area contributed by atoms with Crippen molar-refractivity contribution in [1.29, 1.82) is 0 Å². The van der Waals surface area contributed by atoms with Gasteiger partial charge in [-0.3, -0.25) is 4.99 Å². The topological polar surface area (TPSA) is 27.6 Å². The molecule has 1 unspecified atom stereocenters. The monoisotopic (exact) mass is 165 g/mol. The van der Waals surface area contributed by atoms with E-state index in [9.17, 15) is 0 Å². The summed E-state index contributed by atoms with van der Waals surface area (Å²) in [5.74, 6) is 0.880. The highest BCUT2D eigenvalue weighted by atomic mass is 15.2. The number of fused-ring (bicyclic) bond motifs is 2. The lowest BCUT2D eigenvalue weighted by Gasteiger charge is -2.51. The Bertz CT molecular complexity index is 208. The van der Waals surface area contributed by atoms with E-state index in [1.54, 1.807) is 0 Å². The van der Waals surface area contributed by atoms with E-state index in [4.69, 9.17) is 0 Å². The van der Waals surface area contributed by atoms with Gasteiger partial charge in [-0.25, -0.2) is 0 Å². The highest BCUT2D eigenvalue weighted by Gasteiger charge is 2.47. The molecule has 3 nitrogen and oxygen atoms in total. The van der Waals surface area contributed by atoms with Crippen LogP contribution in [0, 0.1) is 5.92 Å². The Balaban J connectivity index is 1.87. The average Bonchev–Trinajstić information content (AvgIpc) is 2.55. The highest BCUT2D eigenvalue weighted by molar-refractivity contribution is 5.59. The first-order valence-electron chi connectivity index (χ1n) is 4.87. The van der Waals surface area contributed by atoms with E-state index in [-0.39, 0.29) is 0 Å². The number of hydrogen-bond acceptors (Lipinski definition) is 3. The lowest BCUT2D eigenvalue weighted by molar-refractivity contribution is 0.0274. The minimum Gasteiger partial charge on any atom is -0.368 e. The first-order valence-corrected chi connectivity index (χ1v) is 4.87. The summed E-state index contributed by atoms with van der Waals surface area (Å²) in [5.41, 5.74) is 0.344. The molecule has 0 aromatic rings. The third-order valence-corrected chi connectivity index (χ3v) is 3.69. The van der Waals surface area contributed by atoms with Crippen LogP contribution in [0.5, 0.6) is 0 Å². The van der Waals surface area contributed by atoms with Crippen LogP contribution >= 0.6 is 0 Å². The first-order chi connectivity index (χ1) is 5.89. The van der Waals surface area contributed by atoms with Crippen molar-refractivity contribution < 1.29 is 0 Å². The number of nitrogens with one attached hydrogen (secondary N) is 1. The van der Waals surface area contributed by atoms with Crippen LogP contribution in [0.2, 0.25) is 0 Å². The molecule has 0 aliphatic carbocycles. The maximum absolute atomic E-state index is 4.32. The number of nitrogens with zero attached hydrogens (tertiary/aromatic N) is 2. The van der Waals surface area contributed by atoms with Crippen molar-refractivity contribution in [1.82, 2.24) is 10.2 Å². The van der Waals surface area contributed by atoms with E-state index >= 15 is 0 Å². The summed E-state index contributed by atoms with van der Waals surface area (Å²) in [4.78, 5) is 6.89. The molecule has 1 N–H and O–H groups in total. The summed E-state index contributed by atoms with van der Waals surface area (Å²) in [6.45, 7) is 4.86. The maximum atomic E-state index is 4.32. The van der Waals surface area contributed by atoms with Crippen LogP contribution in [0.1, 0.15) is 12.8 Å². The molecule has 12 heavy (non-hydrogen) atoms. The summed E-state index contributed by atoms with van der Waals surface area (Å²) in [7, 11) is 0. The molecular weight excluding hydrogens is 150 g/mol. The van der Waals surface area contributed by atoms with Crippen molar-refractivity contribution in [2.45, 2.75) is 18.4 Å². The standard InChI is InChI=1S/C9H15N3/c1-3-12-4-2-8(1)9(6-12)5-10-7-11-9/h7-8H,1-6H2,(H,10,11). The molecule has 4 heterocycles. The van der Waals surface area contributed by atoms with Crippen LogP contribution in [0.3, 0.4) is 0 Å². The van der Waals surface area contributed by atoms with Gasteiger partial charge < -0.3 is 10.2 Å². The molecule has 4 rings (SSSR count). The SMILES string of the molecule is C1=NCC2(CN3CCC2CC3)N1. The second-order valence-electron chi connectivity index (χ2n) is 4.32. The van der Waals surface area contributed by atoms with Crippen molar-refractivity contribution in [3.63, 3.8) is 0 Å². The van der Waals surface area contributed by atoms with Crippen molar-refractivity contribution in [2.24, 2.45) is 10.9 Å². The molecule has 0 aromatic heterocycles. The minimum absolute atomic E-state index is 0.344. The van der Waals surface area contributed by atoms with Gasteiger partial charge in [0.2, 0.25) is 0 Å². The third-order valence-electron chi connectivity index (χ3n) is 3.69. The Morgan fingerprint density at radius 1 is 1.42 bits per heavy atom. The molecule has 2 bridgehead atoms. The van der Waals surface area contributed by atoms with Crippen LogP contribution in [0.25, 0.3) is 0 Å². The zero-order valence-corrected chi connectivity index (χ0v) is 7.29. The summed E-state index contributed by atoms with van der Waals surface area (Å²) in [5, 5.41) is 3.47. The minimum atomic E-state index is 0.344. The zero-order valence-electron chi connectivity index (χ0n) is 7.29. The fraction of sp³-hybridized carbons (Fsp3) is 0.889. The van der Waals surface area contributed by atoms with Crippen molar-refractivity contribution >= 4 is 6.34 Å². The second kappa shape index (κ2) is 2.22. The van der Waals surface area contributed by atoms with E-state index in [2.05, 4.69) is 15.2 Å². The lowest BCUT2D eigenvalue weighted by atomic mass is 9.73. The molecule has 0 amide bonds. The van der Waals surface area contributed by atoms with Crippen LogP contribution in [-0.4, -0.2) is 43.0 Å². The van der Waals surface area contributed by atoms with Crippen molar-refractivity contribution in [3.05, 3.63) is 0 Å². The molecule has 1 atom stereocenters. The van der Waals surface area contributed by atoms with Gasteiger partial charge in [0.15, 0.2) is 0 Å². The molecule has 3 fully saturated rings. The molecule has 66 valence electrons. The first kappa shape index (κ1) is 6.89. The summed E-state index contributed by atoms with van der Waals surface area (Å²) >= 11 is 0. The fourth-order valence-corrected chi connectivity index (χ4v) is 2.94. The second-order valence-corrected chi connectivity index (χ2v) is 4.32. The van der Waals surface area contributed by atoms with Crippen LogP contribution in [0.4, 0.5) is 0 Å². The molecule has 3 saturated heterocycles. The van der Waals surface area contributed by atoms with Gasteiger partial charge in [-0.15, -0.1) is 0 Å². The van der Waals surface area contributed by atoms with Gasteiger partial charge in [-0.2, -0.15) is 0 Å². The van der Waals surface area contributed by atoms with Gasteiger partial charge in [-0.1, -0.05) is 0 Å².